The number of hydrogen-bond donors (Lipinski definition) is 1. The molecule has 3 rings (SSSR count). The third kappa shape index (κ3) is 2.08. The predicted molar refractivity (Wildman–Crippen MR) is 73.3 cm³/mol. The van der Waals surface area contributed by atoms with Gasteiger partial charge in [0.2, 0.25) is 0 Å². The maximum Gasteiger partial charge on any atom is 0.131 e. The topological polar surface area (TPSA) is 25.2 Å². The SMILES string of the molecule is OCc1cn(Cc2c(F)cccc2F)c2ccccc12. The number of fused-ring (bicyclic) bond motifs is 1. The van der Waals surface area contributed by atoms with Gasteiger partial charge < -0.3 is 9.67 Å². The molecule has 3 aromatic rings. The highest BCUT2D eigenvalue weighted by Gasteiger charge is 2.12. The lowest BCUT2D eigenvalue weighted by Crippen LogP contribution is -2.03. The van der Waals surface area contributed by atoms with Crippen LogP contribution in [-0.4, -0.2) is 9.67 Å². The molecule has 0 amide bonds. The Balaban J connectivity index is 2.12. The molecule has 0 bridgehead atoms. The third-order valence-corrected chi connectivity index (χ3v) is 3.43. The first-order valence-corrected chi connectivity index (χ1v) is 6.31. The van der Waals surface area contributed by atoms with Crippen LogP contribution in [0.25, 0.3) is 10.9 Å². The third-order valence-electron chi connectivity index (χ3n) is 3.43. The summed E-state index contributed by atoms with van der Waals surface area (Å²) in [5.41, 5.74) is 1.62. The molecule has 0 aliphatic rings. The average Bonchev–Trinajstić information content (AvgIpc) is 2.81. The number of aliphatic hydroxyl groups is 1. The van der Waals surface area contributed by atoms with Crippen molar-refractivity contribution in [3.05, 3.63) is 71.4 Å². The Bertz CT molecular complexity index is 744. The maximum atomic E-state index is 13.7. The van der Waals surface area contributed by atoms with E-state index < -0.39 is 11.6 Å². The summed E-state index contributed by atoms with van der Waals surface area (Å²) < 4.78 is 29.2. The van der Waals surface area contributed by atoms with Crippen molar-refractivity contribution in [2.75, 3.05) is 0 Å². The zero-order valence-electron chi connectivity index (χ0n) is 10.7. The summed E-state index contributed by atoms with van der Waals surface area (Å²) in [6.45, 7) is -0.00765. The van der Waals surface area contributed by atoms with Gasteiger partial charge in [-0.3, -0.25) is 0 Å². The van der Waals surface area contributed by atoms with E-state index in [1.165, 1.54) is 18.2 Å². The molecule has 0 aliphatic heterocycles. The summed E-state index contributed by atoms with van der Waals surface area (Å²) in [5.74, 6) is -1.12. The van der Waals surface area contributed by atoms with Crippen molar-refractivity contribution in [3.63, 3.8) is 0 Å². The summed E-state index contributed by atoms with van der Waals surface area (Å²) in [4.78, 5) is 0. The van der Waals surface area contributed by atoms with E-state index in [9.17, 15) is 13.9 Å². The van der Waals surface area contributed by atoms with E-state index in [1.807, 2.05) is 24.3 Å². The predicted octanol–water partition coefficient (Wildman–Crippen LogP) is 3.46. The van der Waals surface area contributed by atoms with Crippen molar-refractivity contribution in [1.29, 1.82) is 0 Å². The molecule has 20 heavy (non-hydrogen) atoms. The van der Waals surface area contributed by atoms with E-state index in [-0.39, 0.29) is 18.7 Å². The van der Waals surface area contributed by atoms with Gasteiger partial charge in [0.1, 0.15) is 11.6 Å². The van der Waals surface area contributed by atoms with Gasteiger partial charge in [-0.15, -0.1) is 0 Å². The van der Waals surface area contributed by atoms with Crippen LogP contribution < -0.4 is 0 Å². The standard InChI is InChI=1S/C16H13F2NO/c17-14-5-3-6-15(18)13(14)9-19-8-11(10-20)12-4-1-2-7-16(12)19/h1-8,20H,9-10H2. The van der Waals surface area contributed by atoms with E-state index in [1.54, 1.807) is 10.8 Å². The minimum absolute atomic E-state index is 0.0257. The van der Waals surface area contributed by atoms with Crippen molar-refractivity contribution < 1.29 is 13.9 Å². The van der Waals surface area contributed by atoms with Crippen LogP contribution >= 0.6 is 0 Å². The Morgan fingerprint density at radius 3 is 2.35 bits per heavy atom. The van der Waals surface area contributed by atoms with Crippen LogP contribution in [0.4, 0.5) is 8.78 Å². The van der Waals surface area contributed by atoms with E-state index in [4.69, 9.17) is 0 Å². The van der Waals surface area contributed by atoms with Crippen molar-refractivity contribution >= 4 is 10.9 Å². The molecule has 0 aliphatic carbocycles. The van der Waals surface area contributed by atoms with Crippen LogP contribution in [0.2, 0.25) is 0 Å². The highest BCUT2D eigenvalue weighted by Crippen LogP contribution is 2.23. The largest absolute Gasteiger partial charge is 0.392 e. The van der Waals surface area contributed by atoms with Crippen LogP contribution in [-0.2, 0) is 13.2 Å². The monoisotopic (exact) mass is 273 g/mol. The Morgan fingerprint density at radius 1 is 0.950 bits per heavy atom. The van der Waals surface area contributed by atoms with Gasteiger partial charge in [-0.2, -0.15) is 0 Å². The minimum Gasteiger partial charge on any atom is -0.392 e. The van der Waals surface area contributed by atoms with Gasteiger partial charge in [0.25, 0.3) is 0 Å². The van der Waals surface area contributed by atoms with Crippen LogP contribution in [0.15, 0.2) is 48.7 Å². The van der Waals surface area contributed by atoms with Crippen LogP contribution in [0.5, 0.6) is 0 Å². The molecule has 2 aromatic carbocycles. The molecular formula is C16H13F2NO. The molecule has 0 unspecified atom stereocenters. The van der Waals surface area contributed by atoms with Crippen LogP contribution in [0.3, 0.4) is 0 Å². The first-order chi connectivity index (χ1) is 9.70. The highest BCUT2D eigenvalue weighted by atomic mass is 19.1. The molecule has 0 spiro atoms. The zero-order chi connectivity index (χ0) is 14.1. The summed E-state index contributed by atoms with van der Waals surface area (Å²) in [7, 11) is 0. The van der Waals surface area contributed by atoms with Gasteiger partial charge in [-0.1, -0.05) is 24.3 Å². The number of rotatable bonds is 3. The molecule has 2 nitrogen and oxygen atoms in total. The van der Waals surface area contributed by atoms with Gasteiger partial charge in [0.15, 0.2) is 0 Å². The van der Waals surface area contributed by atoms with Crippen LogP contribution in [0.1, 0.15) is 11.1 Å². The van der Waals surface area contributed by atoms with Crippen molar-refractivity contribution in [2.45, 2.75) is 13.2 Å². The second-order valence-electron chi connectivity index (χ2n) is 4.66. The molecule has 0 saturated carbocycles. The molecule has 1 heterocycles. The van der Waals surface area contributed by atoms with E-state index in [0.29, 0.717) is 0 Å². The summed E-state index contributed by atoms with van der Waals surface area (Å²) >= 11 is 0. The van der Waals surface area contributed by atoms with E-state index in [0.717, 1.165) is 16.5 Å². The number of aromatic nitrogens is 1. The average molecular weight is 273 g/mol. The second-order valence-corrected chi connectivity index (χ2v) is 4.66. The van der Waals surface area contributed by atoms with Gasteiger partial charge in [-0.05, 0) is 18.2 Å². The van der Waals surface area contributed by atoms with Crippen molar-refractivity contribution in [1.82, 2.24) is 4.57 Å². The first-order valence-electron chi connectivity index (χ1n) is 6.31. The molecule has 4 heteroatoms. The Labute approximate surface area is 114 Å². The second kappa shape index (κ2) is 5.06. The number of para-hydroxylation sites is 1. The fourth-order valence-electron chi connectivity index (χ4n) is 2.43. The quantitative estimate of drug-likeness (QED) is 0.776. The molecule has 0 saturated heterocycles. The number of nitrogens with zero attached hydrogens (tertiary/aromatic N) is 1. The molecule has 1 N–H and O–H groups in total. The van der Waals surface area contributed by atoms with E-state index in [2.05, 4.69) is 0 Å². The zero-order valence-corrected chi connectivity index (χ0v) is 10.7. The number of halogens is 2. The highest BCUT2D eigenvalue weighted by molar-refractivity contribution is 5.83. The van der Waals surface area contributed by atoms with Gasteiger partial charge in [0.05, 0.1) is 13.2 Å². The fourth-order valence-corrected chi connectivity index (χ4v) is 2.43. The molecule has 0 atom stereocenters. The van der Waals surface area contributed by atoms with Crippen molar-refractivity contribution in [2.24, 2.45) is 0 Å². The lowest BCUT2D eigenvalue weighted by Gasteiger charge is -2.07. The fraction of sp³-hybridized carbons (Fsp3) is 0.125. The summed E-state index contributed by atoms with van der Waals surface area (Å²) in [6.07, 6.45) is 1.73. The lowest BCUT2D eigenvalue weighted by molar-refractivity contribution is 0.283. The number of aliphatic hydroxyl groups excluding tert-OH is 1. The smallest absolute Gasteiger partial charge is 0.131 e. The normalized spacial score (nSPS) is 11.2. The molecular weight excluding hydrogens is 260 g/mol. The number of benzene rings is 2. The molecule has 0 radical (unpaired) electrons. The van der Waals surface area contributed by atoms with Crippen molar-refractivity contribution in [3.8, 4) is 0 Å². The van der Waals surface area contributed by atoms with Gasteiger partial charge in [0, 0.05) is 28.2 Å². The Kier molecular flexibility index (Phi) is 3.24. The van der Waals surface area contributed by atoms with Gasteiger partial charge in [-0.25, -0.2) is 8.78 Å². The van der Waals surface area contributed by atoms with E-state index >= 15 is 0 Å². The summed E-state index contributed by atoms with van der Waals surface area (Å²) in [5, 5.41) is 10.3. The van der Waals surface area contributed by atoms with Crippen LogP contribution in [0, 0.1) is 11.6 Å². The molecule has 1 aromatic heterocycles. The first kappa shape index (κ1) is 12.8. The Morgan fingerprint density at radius 2 is 1.65 bits per heavy atom. The summed E-state index contributed by atoms with van der Waals surface area (Å²) in [6, 6.07) is 11.3. The minimum atomic E-state index is -0.562. The molecule has 0 fully saturated rings. The lowest BCUT2D eigenvalue weighted by atomic mass is 10.2. The molecule has 102 valence electrons. The maximum absolute atomic E-state index is 13.7. The number of hydrogen-bond acceptors (Lipinski definition) is 1. The Hall–Kier alpha value is -2.20. The van der Waals surface area contributed by atoms with Gasteiger partial charge >= 0.3 is 0 Å².